The molecule has 0 spiro atoms. The molecule has 4 nitrogen and oxygen atoms in total. The smallest absolute Gasteiger partial charge is 0.323 e. The molecule has 0 aliphatic carbocycles. The first kappa shape index (κ1) is 11.4. The Morgan fingerprint density at radius 2 is 2.12 bits per heavy atom. The summed E-state index contributed by atoms with van der Waals surface area (Å²) in [6.45, 7) is 0.682. The molecule has 16 heavy (non-hydrogen) atoms. The van der Waals surface area contributed by atoms with E-state index in [1.807, 2.05) is 12.1 Å². The quantitative estimate of drug-likeness (QED) is 0.823. The lowest BCUT2D eigenvalue weighted by Crippen LogP contribution is -2.47. The van der Waals surface area contributed by atoms with E-state index in [1.54, 1.807) is 12.1 Å². The van der Waals surface area contributed by atoms with Crippen molar-refractivity contribution in [3.63, 3.8) is 0 Å². The number of carboxylic acid groups (broad SMARTS) is 1. The van der Waals surface area contributed by atoms with E-state index in [0.717, 1.165) is 5.56 Å². The molecule has 1 aliphatic heterocycles. The molecule has 1 aromatic carbocycles. The lowest BCUT2D eigenvalue weighted by atomic mass is 10.1. The van der Waals surface area contributed by atoms with Gasteiger partial charge < -0.3 is 9.84 Å². The van der Waals surface area contributed by atoms with Crippen LogP contribution < -0.4 is 5.32 Å². The van der Waals surface area contributed by atoms with Crippen LogP contribution in [0, 0.1) is 0 Å². The van der Waals surface area contributed by atoms with Gasteiger partial charge in [-0.1, -0.05) is 23.7 Å². The molecule has 0 bridgehead atoms. The Kier molecular flexibility index (Phi) is 3.43. The molecule has 0 saturated carbocycles. The SMILES string of the molecule is O=C(O)C1COC(c2ccc(Cl)cc2)CN1. The van der Waals surface area contributed by atoms with Gasteiger partial charge in [0.25, 0.3) is 0 Å². The Morgan fingerprint density at radius 3 is 2.62 bits per heavy atom. The van der Waals surface area contributed by atoms with Crippen molar-refractivity contribution < 1.29 is 14.6 Å². The Morgan fingerprint density at radius 1 is 1.44 bits per heavy atom. The fourth-order valence-corrected chi connectivity index (χ4v) is 1.76. The lowest BCUT2D eigenvalue weighted by Gasteiger charge is -2.28. The van der Waals surface area contributed by atoms with Crippen LogP contribution in [0.3, 0.4) is 0 Å². The number of rotatable bonds is 2. The molecule has 2 atom stereocenters. The van der Waals surface area contributed by atoms with Gasteiger partial charge in [-0.05, 0) is 17.7 Å². The van der Waals surface area contributed by atoms with Crippen LogP contribution in [0.15, 0.2) is 24.3 Å². The van der Waals surface area contributed by atoms with Crippen LogP contribution >= 0.6 is 11.6 Å². The second-order valence-electron chi connectivity index (χ2n) is 3.67. The molecular weight excluding hydrogens is 230 g/mol. The predicted molar refractivity (Wildman–Crippen MR) is 59.6 cm³/mol. The van der Waals surface area contributed by atoms with Crippen molar-refractivity contribution in [2.75, 3.05) is 13.2 Å². The maximum absolute atomic E-state index is 10.7. The maximum atomic E-state index is 10.7. The van der Waals surface area contributed by atoms with Gasteiger partial charge in [-0.2, -0.15) is 0 Å². The summed E-state index contributed by atoms with van der Waals surface area (Å²) in [5.74, 6) is -0.880. The van der Waals surface area contributed by atoms with E-state index in [1.165, 1.54) is 0 Å². The van der Waals surface area contributed by atoms with Gasteiger partial charge in [0.1, 0.15) is 6.04 Å². The van der Waals surface area contributed by atoms with Crippen molar-refractivity contribution in [3.8, 4) is 0 Å². The number of nitrogens with one attached hydrogen (secondary N) is 1. The minimum absolute atomic E-state index is 0.104. The zero-order valence-electron chi connectivity index (χ0n) is 8.52. The van der Waals surface area contributed by atoms with Crippen LogP contribution in [0.4, 0.5) is 0 Å². The van der Waals surface area contributed by atoms with Crippen molar-refractivity contribution >= 4 is 17.6 Å². The van der Waals surface area contributed by atoms with Gasteiger partial charge in [-0.25, -0.2) is 0 Å². The molecular formula is C11H12ClNO3. The monoisotopic (exact) mass is 241 g/mol. The van der Waals surface area contributed by atoms with Gasteiger partial charge in [-0.3, -0.25) is 10.1 Å². The third-order valence-corrected chi connectivity index (χ3v) is 2.81. The Labute approximate surface area is 98.2 Å². The molecule has 2 N–H and O–H groups in total. The molecule has 1 aliphatic rings. The molecule has 2 unspecified atom stereocenters. The zero-order valence-corrected chi connectivity index (χ0v) is 9.28. The number of morpholine rings is 1. The number of carboxylic acids is 1. The van der Waals surface area contributed by atoms with E-state index in [-0.39, 0.29) is 12.7 Å². The highest BCUT2D eigenvalue weighted by molar-refractivity contribution is 6.30. The van der Waals surface area contributed by atoms with Crippen LogP contribution in [0.5, 0.6) is 0 Å². The lowest BCUT2D eigenvalue weighted by molar-refractivity contribution is -0.144. The minimum atomic E-state index is -0.880. The standard InChI is InChI=1S/C11H12ClNO3/c12-8-3-1-7(2-4-8)10-5-13-9(6-16-10)11(14)15/h1-4,9-10,13H,5-6H2,(H,14,15). The first-order chi connectivity index (χ1) is 7.66. The van der Waals surface area contributed by atoms with Crippen molar-refractivity contribution in [1.29, 1.82) is 0 Å². The number of hydrogen-bond acceptors (Lipinski definition) is 3. The molecule has 1 saturated heterocycles. The molecule has 0 radical (unpaired) electrons. The largest absolute Gasteiger partial charge is 0.480 e. The summed E-state index contributed by atoms with van der Waals surface area (Å²) in [6, 6.07) is 6.75. The van der Waals surface area contributed by atoms with E-state index in [9.17, 15) is 4.79 Å². The van der Waals surface area contributed by atoms with Crippen LogP contribution in [-0.4, -0.2) is 30.3 Å². The second-order valence-corrected chi connectivity index (χ2v) is 4.11. The highest BCUT2D eigenvalue weighted by atomic mass is 35.5. The van der Waals surface area contributed by atoms with Crippen molar-refractivity contribution in [1.82, 2.24) is 5.32 Å². The third kappa shape index (κ3) is 2.52. The highest BCUT2D eigenvalue weighted by Crippen LogP contribution is 2.21. The molecule has 1 aromatic rings. The number of benzene rings is 1. The Balaban J connectivity index is 1.99. The van der Waals surface area contributed by atoms with Crippen molar-refractivity contribution in [2.45, 2.75) is 12.1 Å². The third-order valence-electron chi connectivity index (χ3n) is 2.55. The van der Waals surface area contributed by atoms with Gasteiger partial charge in [0.2, 0.25) is 0 Å². The topological polar surface area (TPSA) is 58.6 Å². The van der Waals surface area contributed by atoms with E-state index in [0.29, 0.717) is 11.6 Å². The van der Waals surface area contributed by atoms with Gasteiger partial charge in [0.15, 0.2) is 0 Å². The normalized spacial score (nSPS) is 25.3. The van der Waals surface area contributed by atoms with Crippen LogP contribution in [0.1, 0.15) is 11.7 Å². The maximum Gasteiger partial charge on any atom is 0.323 e. The summed E-state index contributed by atoms with van der Waals surface area (Å²) in [6.07, 6.45) is -0.104. The number of hydrogen-bond donors (Lipinski definition) is 2. The number of aliphatic carboxylic acids is 1. The summed E-state index contributed by atoms with van der Waals surface area (Å²) in [5, 5.41) is 12.4. The van der Waals surface area contributed by atoms with Gasteiger partial charge in [0, 0.05) is 11.6 Å². The fraction of sp³-hybridized carbons (Fsp3) is 0.364. The van der Waals surface area contributed by atoms with Crippen LogP contribution in [0.2, 0.25) is 5.02 Å². The Bertz CT molecular complexity index is 371. The summed E-state index contributed by atoms with van der Waals surface area (Å²) in [5.41, 5.74) is 1.00. The molecule has 86 valence electrons. The summed E-state index contributed by atoms with van der Waals surface area (Å²) < 4.78 is 5.49. The molecule has 5 heteroatoms. The second kappa shape index (κ2) is 4.82. The first-order valence-electron chi connectivity index (χ1n) is 5.00. The summed E-state index contributed by atoms with van der Waals surface area (Å²) >= 11 is 5.78. The minimum Gasteiger partial charge on any atom is -0.480 e. The van der Waals surface area contributed by atoms with Crippen LogP contribution in [-0.2, 0) is 9.53 Å². The van der Waals surface area contributed by atoms with Crippen molar-refractivity contribution in [3.05, 3.63) is 34.9 Å². The van der Waals surface area contributed by atoms with E-state index in [4.69, 9.17) is 21.4 Å². The average molecular weight is 242 g/mol. The Hall–Kier alpha value is -1.10. The van der Waals surface area contributed by atoms with Crippen molar-refractivity contribution in [2.24, 2.45) is 0 Å². The van der Waals surface area contributed by atoms with Crippen LogP contribution in [0.25, 0.3) is 0 Å². The van der Waals surface area contributed by atoms with Gasteiger partial charge in [-0.15, -0.1) is 0 Å². The number of halogens is 1. The molecule has 1 fully saturated rings. The molecule has 1 heterocycles. The van der Waals surface area contributed by atoms with Gasteiger partial charge in [0.05, 0.1) is 12.7 Å². The first-order valence-corrected chi connectivity index (χ1v) is 5.38. The van der Waals surface area contributed by atoms with E-state index in [2.05, 4.69) is 5.32 Å². The van der Waals surface area contributed by atoms with Gasteiger partial charge >= 0.3 is 5.97 Å². The average Bonchev–Trinajstić information content (AvgIpc) is 2.30. The number of carbonyl (C=O) groups is 1. The summed E-state index contributed by atoms with van der Waals surface area (Å²) in [7, 11) is 0. The fourth-order valence-electron chi connectivity index (χ4n) is 1.63. The van der Waals surface area contributed by atoms with E-state index < -0.39 is 12.0 Å². The molecule has 0 aromatic heterocycles. The summed E-state index contributed by atoms with van der Waals surface area (Å²) in [4.78, 5) is 10.7. The molecule has 0 amide bonds. The highest BCUT2D eigenvalue weighted by Gasteiger charge is 2.26. The zero-order chi connectivity index (χ0) is 11.5. The molecule has 2 rings (SSSR count). The van der Waals surface area contributed by atoms with E-state index >= 15 is 0 Å². The number of ether oxygens (including phenoxy) is 1. The predicted octanol–water partition coefficient (Wildman–Crippen LogP) is 1.45.